The molecule has 0 aliphatic rings. The molecule has 0 radical (unpaired) electrons. The smallest absolute Gasteiger partial charge is 0.273 e. The number of nitro groups is 1. The molecule has 0 fully saturated rings. The number of ether oxygens (including phenoxy) is 1. The van der Waals surface area contributed by atoms with Gasteiger partial charge in [0.25, 0.3) is 11.2 Å². The Morgan fingerprint density at radius 1 is 1.33 bits per heavy atom. The molecule has 0 spiro atoms. The van der Waals surface area contributed by atoms with Gasteiger partial charge in [-0.25, -0.2) is 0 Å². The minimum atomic E-state index is -0.557. The molecule has 7 nitrogen and oxygen atoms in total. The van der Waals surface area contributed by atoms with Crippen LogP contribution in [0, 0.1) is 28.4 Å². The normalized spacial score (nSPS) is 9.95. The Labute approximate surface area is 119 Å². The fourth-order valence-corrected chi connectivity index (χ4v) is 1.99. The SMILES string of the molecule is COc1cc(-c2cc(C)[nH]c(=O)c2C#N)cc([N+](=O)[O-])c1. The van der Waals surface area contributed by atoms with Crippen LogP contribution < -0.4 is 10.3 Å². The van der Waals surface area contributed by atoms with E-state index in [1.807, 2.05) is 6.07 Å². The number of aryl methyl sites for hydroxylation is 1. The van der Waals surface area contributed by atoms with E-state index in [-0.39, 0.29) is 17.0 Å². The van der Waals surface area contributed by atoms with Crippen LogP contribution >= 0.6 is 0 Å². The number of hydrogen-bond donors (Lipinski definition) is 1. The molecule has 7 heteroatoms. The van der Waals surface area contributed by atoms with Gasteiger partial charge in [0.1, 0.15) is 17.4 Å². The number of non-ortho nitro benzene ring substituents is 1. The number of nitrogens with zero attached hydrogens (tertiary/aromatic N) is 2. The standard InChI is InChI=1S/C14H11N3O4/c1-8-3-12(13(7-15)14(18)16-8)9-4-10(17(19)20)6-11(5-9)21-2/h3-6H,1-2H3,(H,16,18). The van der Waals surface area contributed by atoms with E-state index in [0.29, 0.717) is 16.8 Å². The third kappa shape index (κ3) is 2.74. The molecule has 0 saturated heterocycles. The molecule has 21 heavy (non-hydrogen) atoms. The highest BCUT2D eigenvalue weighted by Gasteiger charge is 2.16. The van der Waals surface area contributed by atoms with Crippen molar-refractivity contribution in [1.29, 1.82) is 5.26 Å². The largest absolute Gasteiger partial charge is 0.496 e. The number of aromatic amines is 1. The number of nitro benzene ring substituents is 1. The zero-order chi connectivity index (χ0) is 15.6. The Balaban J connectivity index is 2.78. The van der Waals surface area contributed by atoms with Crippen molar-refractivity contribution in [2.75, 3.05) is 7.11 Å². The van der Waals surface area contributed by atoms with Gasteiger partial charge in [-0.15, -0.1) is 0 Å². The molecule has 2 aromatic rings. The van der Waals surface area contributed by atoms with E-state index in [9.17, 15) is 14.9 Å². The third-order valence-electron chi connectivity index (χ3n) is 2.93. The first-order valence-electron chi connectivity index (χ1n) is 5.94. The summed E-state index contributed by atoms with van der Waals surface area (Å²) in [5, 5.41) is 20.1. The van der Waals surface area contributed by atoms with Crippen LogP contribution in [0.15, 0.2) is 29.1 Å². The quantitative estimate of drug-likeness (QED) is 0.686. The van der Waals surface area contributed by atoms with Gasteiger partial charge in [0.05, 0.1) is 18.1 Å². The molecule has 1 aromatic carbocycles. The summed E-state index contributed by atoms with van der Waals surface area (Å²) in [6.45, 7) is 1.67. The predicted molar refractivity (Wildman–Crippen MR) is 75.2 cm³/mol. The van der Waals surface area contributed by atoms with Gasteiger partial charge in [-0.3, -0.25) is 14.9 Å². The van der Waals surface area contributed by atoms with Crippen molar-refractivity contribution >= 4 is 5.69 Å². The average Bonchev–Trinajstić information content (AvgIpc) is 2.45. The highest BCUT2D eigenvalue weighted by molar-refractivity contribution is 5.73. The third-order valence-corrected chi connectivity index (χ3v) is 2.93. The Bertz CT molecular complexity index is 818. The molecule has 0 atom stereocenters. The average molecular weight is 285 g/mol. The van der Waals surface area contributed by atoms with Crippen LogP contribution in [0.25, 0.3) is 11.1 Å². The van der Waals surface area contributed by atoms with Gasteiger partial charge in [-0.05, 0) is 24.6 Å². The lowest BCUT2D eigenvalue weighted by Crippen LogP contribution is -2.12. The maximum Gasteiger partial charge on any atom is 0.273 e. The summed E-state index contributed by atoms with van der Waals surface area (Å²) in [6, 6.07) is 7.54. The molecule has 1 N–H and O–H groups in total. The van der Waals surface area contributed by atoms with Gasteiger partial charge >= 0.3 is 0 Å². The van der Waals surface area contributed by atoms with Crippen molar-refractivity contribution < 1.29 is 9.66 Å². The summed E-state index contributed by atoms with van der Waals surface area (Å²) in [5.41, 5.74) is 0.472. The number of pyridine rings is 1. The summed E-state index contributed by atoms with van der Waals surface area (Å²) in [6.07, 6.45) is 0. The second kappa shape index (κ2) is 5.46. The predicted octanol–water partition coefficient (Wildman–Crippen LogP) is 2.14. The van der Waals surface area contributed by atoms with Crippen LogP contribution in [0.1, 0.15) is 11.3 Å². The Morgan fingerprint density at radius 3 is 2.62 bits per heavy atom. The van der Waals surface area contributed by atoms with Crippen LogP contribution in [-0.4, -0.2) is 17.0 Å². The minimum absolute atomic E-state index is 0.0943. The van der Waals surface area contributed by atoms with Crippen LogP contribution in [-0.2, 0) is 0 Å². The van der Waals surface area contributed by atoms with Gasteiger partial charge in [0.15, 0.2) is 0 Å². The summed E-state index contributed by atoms with van der Waals surface area (Å²) in [5.74, 6) is 0.279. The molecule has 1 heterocycles. The van der Waals surface area contributed by atoms with Gasteiger partial charge in [0.2, 0.25) is 0 Å². The molecule has 2 rings (SSSR count). The minimum Gasteiger partial charge on any atom is -0.496 e. The van der Waals surface area contributed by atoms with E-state index < -0.39 is 10.5 Å². The maximum atomic E-state index is 11.8. The van der Waals surface area contributed by atoms with Crippen molar-refractivity contribution in [2.24, 2.45) is 0 Å². The van der Waals surface area contributed by atoms with E-state index in [0.717, 1.165) is 0 Å². The van der Waals surface area contributed by atoms with Crippen LogP contribution in [0.3, 0.4) is 0 Å². The number of nitrogens with one attached hydrogen (secondary N) is 1. The zero-order valence-electron chi connectivity index (χ0n) is 11.3. The Morgan fingerprint density at radius 2 is 2.05 bits per heavy atom. The lowest BCUT2D eigenvalue weighted by Gasteiger charge is -2.07. The monoisotopic (exact) mass is 285 g/mol. The summed E-state index contributed by atoms with van der Waals surface area (Å²) < 4.78 is 5.03. The number of hydrogen-bond acceptors (Lipinski definition) is 5. The molecule has 0 amide bonds. The first-order valence-corrected chi connectivity index (χ1v) is 5.94. The highest BCUT2D eigenvalue weighted by atomic mass is 16.6. The first-order chi connectivity index (χ1) is 9.96. The number of H-pyrrole nitrogens is 1. The molecule has 106 valence electrons. The number of nitriles is 1. The van der Waals surface area contributed by atoms with Crippen LogP contribution in [0.2, 0.25) is 0 Å². The van der Waals surface area contributed by atoms with Gasteiger partial charge < -0.3 is 9.72 Å². The van der Waals surface area contributed by atoms with Crippen molar-refractivity contribution in [3.8, 4) is 22.9 Å². The lowest BCUT2D eigenvalue weighted by atomic mass is 10.0. The molecular weight excluding hydrogens is 274 g/mol. The van der Waals surface area contributed by atoms with E-state index >= 15 is 0 Å². The van der Waals surface area contributed by atoms with Crippen LogP contribution in [0.5, 0.6) is 5.75 Å². The van der Waals surface area contributed by atoms with Crippen molar-refractivity contribution in [2.45, 2.75) is 6.92 Å². The number of rotatable bonds is 3. The molecule has 0 bridgehead atoms. The number of benzene rings is 1. The lowest BCUT2D eigenvalue weighted by molar-refractivity contribution is -0.384. The van der Waals surface area contributed by atoms with Crippen molar-refractivity contribution in [1.82, 2.24) is 4.98 Å². The fraction of sp³-hybridized carbons (Fsp3) is 0.143. The topological polar surface area (TPSA) is 109 Å². The van der Waals surface area contributed by atoms with E-state index in [1.54, 1.807) is 19.1 Å². The number of methoxy groups -OCH3 is 1. The number of aromatic nitrogens is 1. The summed E-state index contributed by atoms with van der Waals surface area (Å²) in [7, 11) is 1.39. The Hall–Kier alpha value is -3.14. The van der Waals surface area contributed by atoms with Crippen LogP contribution in [0.4, 0.5) is 5.69 Å². The van der Waals surface area contributed by atoms with Gasteiger partial charge in [-0.2, -0.15) is 5.26 Å². The molecule has 1 aromatic heterocycles. The van der Waals surface area contributed by atoms with E-state index in [1.165, 1.54) is 19.2 Å². The van der Waals surface area contributed by atoms with Crippen molar-refractivity contribution in [3.05, 3.63) is 56.0 Å². The molecule has 0 aliphatic heterocycles. The van der Waals surface area contributed by atoms with Gasteiger partial charge in [0, 0.05) is 17.3 Å². The fourth-order valence-electron chi connectivity index (χ4n) is 1.99. The molecular formula is C14H11N3O4. The zero-order valence-corrected chi connectivity index (χ0v) is 11.3. The molecule has 0 saturated carbocycles. The highest BCUT2D eigenvalue weighted by Crippen LogP contribution is 2.30. The van der Waals surface area contributed by atoms with Gasteiger partial charge in [-0.1, -0.05) is 0 Å². The van der Waals surface area contributed by atoms with E-state index in [2.05, 4.69) is 4.98 Å². The molecule has 0 unspecified atom stereocenters. The maximum absolute atomic E-state index is 11.8. The Kier molecular flexibility index (Phi) is 3.71. The summed E-state index contributed by atoms with van der Waals surface area (Å²) >= 11 is 0. The van der Waals surface area contributed by atoms with E-state index in [4.69, 9.17) is 10.00 Å². The first kappa shape index (κ1) is 14.3. The second-order valence-electron chi connectivity index (χ2n) is 4.36. The summed E-state index contributed by atoms with van der Waals surface area (Å²) in [4.78, 5) is 24.7. The molecule has 0 aliphatic carbocycles. The second-order valence-corrected chi connectivity index (χ2v) is 4.36. The van der Waals surface area contributed by atoms with Crippen molar-refractivity contribution in [3.63, 3.8) is 0 Å².